The maximum absolute atomic E-state index is 12.0. The monoisotopic (exact) mass is 412 g/mol. The summed E-state index contributed by atoms with van der Waals surface area (Å²) in [6, 6.07) is -0.151. The molecule has 2 N–H and O–H groups in total. The van der Waals surface area contributed by atoms with E-state index in [9.17, 15) is 9.59 Å². The van der Waals surface area contributed by atoms with Gasteiger partial charge in [0, 0.05) is 11.1 Å². The highest BCUT2D eigenvalue weighted by Crippen LogP contribution is 2.23. The molecular weight excluding hydrogens is 380 g/mol. The first-order chi connectivity index (χ1) is 12.1. The summed E-state index contributed by atoms with van der Waals surface area (Å²) >= 11 is 10.2. The SMILES string of the molecule is C/C=C1\NC(=S)N(C(C)(C)C)C1=O.CC(C)C1NC(=S)N(C(C)(C)C)C1=O. The van der Waals surface area contributed by atoms with Gasteiger partial charge in [0.05, 0.1) is 0 Å². The molecule has 2 amide bonds. The fourth-order valence-corrected chi connectivity index (χ4v) is 3.79. The number of hydrogen-bond donors (Lipinski definition) is 2. The molecule has 2 saturated heterocycles. The molecule has 2 aliphatic heterocycles. The van der Waals surface area contributed by atoms with Crippen molar-refractivity contribution in [3.63, 3.8) is 0 Å². The van der Waals surface area contributed by atoms with Gasteiger partial charge in [0.2, 0.25) is 0 Å². The van der Waals surface area contributed by atoms with E-state index in [1.54, 1.807) is 15.9 Å². The molecule has 2 heterocycles. The quantitative estimate of drug-likeness (QED) is 0.510. The van der Waals surface area contributed by atoms with Gasteiger partial charge in [0.15, 0.2) is 10.2 Å². The Morgan fingerprint density at radius 1 is 0.963 bits per heavy atom. The number of rotatable bonds is 1. The van der Waals surface area contributed by atoms with Crippen LogP contribution in [0.2, 0.25) is 0 Å². The molecule has 6 nitrogen and oxygen atoms in total. The van der Waals surface area contributed by atoms with Crippen LogP contribution in [0.3, 0.4) is 0 Å². The average Bonchev–Trinajstić information content (AvgIpc) is 2.94. The summed E-state index contributed by atoms with van der Waals surface area (Å²) < 4.78 is 0. The Labute approximate surface area is 173 Å². The number of allylic oxidation sites excluding steroid dienone is 1. The molecule has 0 aromatic carbocycles. The molecular formula is C19H32N4O2S2. The largest absolute Gasteiger partial charge is 0.350 e. The third kappa shape index (κ3) is 5.25. The average molecular weight is 413 g/mol. The van der Waals surface area contributed by atoms with Gasteiger partial charge >= 0.3 is 0 Å². The predicted molar refractivity (Wildman–Crippen MR) is 117 cm³/mol. The zero-order valence-electron chi connectivity index (χ0n) is 17.8. The Hall–Kier alpha value is -1.54. The number of amides is 2. The van der Waals surface area contributed by atoms with Crippen LogP contribution in [0.1, 0.15) is 62.3 Å². The Bertz CT molecular complexity index is 672. The third-order valence-corrected chi connectivity index (χ3v) is 4.73. The van der Waals surface area contributed by atoms with Gasteiger partial charge in [-0.1, -0.05) is 19.9 Å². The van der Waals surface area contributed by atoms with Crippen LogP contribution in [0.5, 0.6) is 0 Å². The molecule has 27 heavy (non-hydrogen) atoms. The minimum absolute atomic E-state index is 0.0417. The van der Waals surface area contributed by atoms with E-state index in [0.29, 0.717) is 15.9 Å². The number of hydrogen-bond acceptors (Lipinski definition) is 4. The molecule has 0 saturated carbocycles. The first-order valence-electron chi connectivity index (χ1n) is 9.09. The van der Waals surface area contributed by atoms with E-state index in [-0.39, 0.29) is 34.9 Å². The van der Waals surface area contributed by atoms with Gasteiger partial charge in [0.25, 0.3) is 11.8 Å². The summed E-state index contributed by atoms with van der Waals surface area (Å²) in [5, 5.41) is 6.99. The van der Waals surface area contributed by atoms with Gasteiger partial charge < -0.3 is 10.6 Å². The van der Waals surface area contributed by atoms with Crippen molar-refractivity contribution in [2.24, 2.45) is 5.92 Å². The molecule has 0 aromatic heterocycles. The van der Waals surface area contributed by atoms with Crippen LogP contribution < -0.4 is 10.6 Å². The first kappa shape index (κ1) is 23.5. The molecule has 8 heteroatoms. The van der Waals surface area contributed by atoms with Crippen molar-refractivity contribution in [3.8, 4) is 0 Å². The van der Waals surface area contributed by atoms with Crippen LogP contribution in [0.4, 0.5) is 0 Å². The van der Waals surface area contributed by atoms with Gasteiger partial charge in [-0.3, -0.25) is 19.4 Å². The highest BCUT2D eigenvalue weighted by molar-refractivity contribution is 7.80. The van der Waals surface area contributed by atoms with E-state index in [2.05, 4.69) is 10.6 Å². The third-order valence-electron chi connectivity index (χ3n) is 4.14. The number of carbonyl (C=O) groups excluding carboxylic acids is 2. The van der Waals surface area contributed by atoms with Crippen molar-refractivity contribution in [2.45, 2.75) is 79.4 Å². The Morgan fingerprint density at radius 3 is 1.67 bits per heavy atom. The highest BCUT2D eigenvalue weighted by Gasteiger charge is 2.42. The maximum atomic E-state index is 12.0. The molecule has 0 aliphatic carbocycles. The van der Waals surface area contributed by atoms with E-state index in [4.69, 9.17) is 24.4 Å². The number of thiocarbonyl (C=S) groups is 2. The van der Waals surface area contributed by atoms with Gasteiger partial charge in [-0.25, -0.2) is 0 Å². The second-order valence-electron chi connectivity index (χ2n) is 8.96. The van der Waals surface area contributed by atoms with E-state index in [1.807, 2.05) is 62.3 Å². The first-order valence-corrected chi connectivity index (χ1v) is 9.91. The van der Waals surface area contributed by atoms with Gasteiger partial charge in [-0.2, -0.15) is 0 Å². The molecule has 1 unspecified atom stereocenters. The molecule has 2 fully saturated rings. The van der Waals surface area contributed by atoms with Crippen LogP contribution in [0.25, 0.3) is 0 Å². The highest BCUT2D eigenvalue weighted by atomic mass is 32.1. The van der Waals surface area contributed by atoms with Crippen molar-refractivity contribution in [1.82, 2.24) is 20.4 Å². The molecule has 2 aliphatic rings. The van der Waals surface area contributed by atoms with Crippen molar-refractivity contribution < 1.29 is 9.59 Å². The zero-order valence-corrected chi connectivity index (χ0v) is 19.4. The van der Waals surface area contributed by atoms with Crippen molar-refractivity contribution >= 4 is 46.5 Å². The molecule has 1 atom stereocenters. The van der Waals surface area contributed by atoms with Crippen LogP contribution >= 0.6 is 24.4 Å². The topological polar surface area (TPSA) is 64.7 Å². The fourth-order valence-electron chi connectivity index (χ4n) is 2.83. The smallest absolute Gasteiger partial charge is 0.276 e. The summed E-state index contributed by atoms with van der Waals surface area (Å²) in [7, 11) is 0. The molecule has 0 bridgehead atoms. The minimum atomic E-state index is -0.258. The van der Waals surface area contributed by atoms with Gasteiger partial charge in [0.1, 0.15) is 11.7 Å². The summed E-state index contributed by atoms with van der Waals surface area (Å²) in [6.07, 6.45) is 1.74. The zero-order chi connectivity index (χ0) is 21.3. The van der Waals surface area contributed by atoms with E-state index in [0.717, 1.165) is 0 Å². The number of carbonyl (C=O) groups is 2. The second kappa shape index (κ2) is 8.22. The summed E-state index contributed by atoms with van der Waals surface area (Å²) in [4.78, 5) is 26.9. The van der Waals surface area contributed by atoms with Crippen molar-refractivity contribution in [2.75, 3.05) is 0 Å². The molecule has 152 valence electrons. The number of nitrogens with zero attached hydrogens (tertiary/aromatic N) is 2. The predicted octanol–water partition coefficient (Wildman–Crippen LogP) is 2.93. The van der Waals surface area contributed by atoms with Crippen LogP contribution in [-0.2, 0) is 9.59 Å². The van der Waals surface area contributed by atoms with Crippen LogP contribution in [-0.4, -0.2) is 49.0 Å². The summed E-state index contributed by atoms with van der Waals surface area (Å²) in [5.41, 5.74) is 0.0800. The van der Waals surface area contributed by atoms with Crippen LogP contribution in [0, 0.1) is 5.92 Å². The van der Waals surface area contributed by atoms with Crippen molar-refractivity contribution in [1.29, 1.82) is 0 Å². The van der Waals surface area contributed by atoms with Gasteiger partial charge in [-0.05, 0) is 78.8 Å². The lowest BCUT2D eigenvalue weighted by molar-refractivity contribution is -0.131. The maximum Gasteiger partial charge on any atom is 0.276 e. The normalized spacial score (nSPS) is 22.3. The minimum Gasteiger partial charge on any atom is -0.350 e. The standard InChI is InChI=1S/C10H18N2OS.C9H14N2OS/c1-6(2)7-8(13)12(9(14)11-7)10(3,4)5;1-5-6-7(12)11(8(13)10-6)9(2,3)4/h6-7H,1-5H3,(H,11,14);5H,1-4H3,(H,10,13)/b;6-5-. The van der Waals surface area contributed by atoms with Crippen LogP contribution in [0.15, 0.2) is 11.8 Å². The fraction of sp³-hybridized carbons (Fsp3) is 0.684. The van der Waals surface area contributed by atoms with Gasteiger partial charge in [-0.15, -0.1) is 0 Å². The summed E-state index contributed by atoms with van der Waals surface area (Å²) in [6.45, 7) is 17.7. The van der Waals surface area contributed by atoms with E-state index < -0.39 is 0 Å². The Kier molecular flexibility index (Phi) is 7.16. The lowest BCUT2D eigenvalue weighted by Crippen LogP contribution is -2.46. The lowest BCUT2D eigenvalue weighted by Gasteiger charge is -2.30. The Morgan fingerprint density at radius 2 is 1.44 bits per heavy atom. The summed E-state index contributed by atoms with van der Waals surface area (Å²) in [5.74, 6) is 0.324. The lowest BCUT2D eigenvalue weighted by atomic mass is 10.0. The number of nitrogens with one attached hydrogen (secondary N) is 2. The molecule has 0 spiro atoms. The van der Waals surface area contributed by atoms with Crippen molar-refractivity contribution in [3.05, 3.63) is 11.8 Å². The Balaban J connectivity index is 0.000000271. The molecule has 0 radical (unpaired) electrons. The molecule has 2 rings (SSSR count). The van der Waals surface area contributed by atoms with E-state index in [1.165, 1.54) is 0 Å². The second-order valence-corrected chi connectivity index (χ2v) is 9.73. The van der Waals surface area contributed by atoms with E-state index >= 15 is 0 Å². The molecule has 0 aromatic rings.